The van der Waals surface area contributed by atoms with Gasteiger partial charge in [-0.05, 0) is 73.5 Å². The number of nitrogens with one attached hydrogen (secondary N) is 1. The fourth-order valence-electron chi connectivity index (χ4n) is 3.47. The zero-order valence-electron chi connectivity index (χ0n) is 22.6. The minimum absolute atomic E-state index is 0.256. The second-order valence-corrected chi connectivity index (χ2v) is 8.01. The highest BCUT2D eigenvalue weighted by Gasteiger charge is 2.17. The Morgan fingerprint density at radius 3 is 2.08 bits per heavy atom. The molecule has 206 valence electrons. The van der Waals surface area contributed by atoms with Gasteiger partial charge in [0.25, 0.3) is 5.91 Å². The van der Waals surface area contributed by atoms with Crippen molar-refractivity contribution >= 4 is 18.1 Å². The van der Waals surface area contributed by atoms with Gasteiger partial charge in [-0.25, -0.2) is 10.2 Å². The molecule has 0 aliphatic rings. The molecule has 0 aliphatic carbocycles. The Morgan fingerprint density at radius 1 is 0.795 bits per heavy atom. The van der Waals surface area contributed by atoms with Gasteiger partial charge in [0, 0.05) is 5.56 Å². The topological polar surface area (TPSA) is 114 Å². The minimum atomic E-state index is -0.531. The van der Waals surface area contributed by atoms with Crippen molar-refractivity contribution in [3.8, 4) is 34.5 Å². The lowest BCUT2D eigenvalue weighted by Gasteiger charge is -2.13. The van der Waals surface area contributed by atoms with Crippen molar-refractivity contribution in [1.82, 2.24) is 5.43 Å². The number of carbonyl (C=O) groups excluding carboxylic acids is 2. The number of esters is 1. The van der Waals surface area contributed by atoms with Crippen molar-refractivity contribution in [3.63, 3.8) is 0 Å². The average Bonchev–Trinajstić information content (AvgIpc) is 2.96. The average molecular weight is 537 g/mol. The molecule has 3 rings (SSSR count). The summed E-state index contributed by atoms with van der Waals surface area (Å²) in [6.07, 6.45) is 2.34. The van der Waals surface area contributed by atoms with Crippen LogP contribution in [0.1, 0.15) is 46.5 Å². The molecule has 3 aromatic rings. The van der Waals surface area contributed by atoms with Gasteiger partial charge in [0.05, 0.1) is 46.3 Å². The van der Waals surface area contributed by atoms with Gasteiger partial charge in [-0.3, -0.25) is 4.79 Å². The fourth-order valence-corrected chi connectivity index (χ4v) is 3.47. The van der Waals surface area contributed by atoms with Gasteiger partial charge in [-0.1, -0.05) is 6.92 Å². The predicted molar refractivity (Wildman–Crippen MR) is 146 cm³/mol. The molecule has 0 heterocycles. The first-order chi connectivity index (χ1) is 18.9. The summed E-state index contributed by atoms with van der Waals surface area (Å²) in [6, 6.07) is 14.7. The van der Waals surface area contributed by atoms with E-state index in [1.54, 1.807) is 42.5 Å². The van der Waals surface area contributed by atoms with E-state index in [2.05, 4.69) is 10.5 Å². The molecule has 0 atom stereocenters. The Hall–Kier alpha value is -4.73. The zero-order chi connectivity index (χ0) is 28.2. The number of benzene rings is 3. The van der Waals surface area contributed by atoms with E-state index in [0.29, 0.717) is 53.1 Å². The summed E-state index contributed by atoms with van der Waals surface area (Å²) in [4.78, 5) is 25.3. The molecule has 39 heavy (non-hydrogen) atoms. The first-order valence-corrected chi connectivity index (χ1v) is 12.3. The number of hydrazone groups is 1. The molecule has 0 unspecified atom stereocenters. The van der Waals surface area contributed by atoms with Crippen LogP contribution in [0.5, 0.6) is 34.5 Å². The van der Waals surface area contributed by atoms with Crippen molar-refractivity contribution in [2.45, 2.75) is 20.3 Å². The highest BCUT2D eigenvalue weighted by Crippen LogP contribution is 2.38. The van der Waals surface area contributed by atoms with Crippen LogP contribution in [0.25, 0.3) is 0 Å². The molecule has 0 bridgehead atoms. The van der Waals surface area contributed by atoms with Crippen LogP contribution in [0, 0.1) is 0 Å². The summed E-state index contributed by atoms with van der Waals surface area (Å²) in [5.41, 5.74) is 3.72. The van der Waals surface area contributed by atoms with Crippen molar-refractivity contribution < 1.29 is 38.0 Å². The zero-order valence-corrected chi connectivity index (χ0v) is 22.6. The minimum Gasteiger partial charge on any atom is -0.494 e. The summed E-state index contributed by atoms with van der Waals surface area (Å²) in [5.74, 6) is 1.35. The summed E-state index contributed by atoms with van der Waals surface area (Å²) in [6.45, 7) is 4.80. The molecular formula is C29H32N2O8. The Bertz CT molecular complexity index is 1280. The van der Waals surface area contributed by atoms with Gasteiger partial charge in [0.1, 0.15) is 5.75 Å². The molecule has 10 heteroatoms. The largest absolute Gasteiger partial charge is 0.494 e. The second-order valence-electron chi connectivity index (χ2n) is 8.01. The quantitative estimate of drug-likeness (QED) is 0.142. The molecule has 0 radical (unpaired) electrons. The number of rotatable bonds is 13. The third-order valence-electron chi connectivity index (χ3n) is 5.34. The van der Waals surface area contributed by atoms with Crippen molar-refractivity contribution in [3.05, 3.63) is 71.3 Å². The molecule has 1 N–H and O–H groups in total. The molecule has 1 amide bonds. The van der Waals surface area contributed by atoms with Crippen LogP contribution in [0.2, 0.25) is 0 Å². The third kappa shape index (κ3) is 7.64. The van der Waals surface area contributed by atoms with Crippen LogP contribution in [0.15, 0.2) is 59.7 Å². The number of hydrogen-bond acceptors (Lipinski definition) is 9. The van der Waals surface area contributed by atoms with Crippen LogP contribution in [0.3, 0.4) is 0 Å². The van der Waals surface area contributed by atoms with E-state index >= 15 is 0 Å². The molecule has 0 spiro atoms. The third-order valence-corrected chi connectivity index (χ3v) is 5.34. The second kappa shape index (κ2) is 14.3. The summed E-state index contributed by atoms with van der Waals surface area (Å²) >= 11 is 0. The Morgan fingerprint density at radius 2 is 1.49 bits per heavy atom. The van der Waals surface area contributed by atoms with Crippen molar-refractivity contribution in [2.75, 3.05) is 34.5 Å². The van der Waals surface area contributed by atoms with E-state index in [1.165, 1.54) is 39.7 Å². The molecule has 3 aromatic carbocycles. The molecular weight excluding hydrogens is 504 g/mol. The number of amides is 1. The van der Waals surface area contributed by atoms with Gasteiger partial charge < -0.3 is 28.4 Å². The maximum atomic E-state index is 12.7. The summed E-state index contributed by atoms with van der Waals surface area (Å²) in [7, 11) is 4.41. The van der Waals surface area contributed by atoms with Crippen LogP contribution in [-0.4, -0.2) is 52.6 Å². The predicted octanol–water partition coefficient (Wildman–Crippen LogP) is 4.88. The van der Waals surface area contributed by atoms with Gasteiger partial charge >= 0.3 is 5.97 Å². The smallest absolute Gasteiger partial charge is 0.343 e. The van der Waals surface area contributed by atoms with Gasteiger partial charge in [0.15, 0.2) is 23.0 Å². The molecule has 10 nitrogen and oxygen atoms in total. The standard InChI is InChI=1S/C29H32N2O8/c1-6-14-38-22-11-9-20(10-12-22)29(33)39-23-13-8-19(15-24(23)37-7-2)18-30-31-28(32)21-16-25(34-3)27(36-5)26(17-21)35-4/h8-13,15-18H,6-7,14H2,1-5H3,(H,31,32)/b30-18+. The number of methoxy groups -OCH3 is 3. The maximum Gasteiger partial charge on any atom is 0.343 e. The van der Waals surface area contributed by atoms with Crippen LogP contribution in [0.4, 0.5) is 0 Å². The van der Waals surface area contributed by atoms with Crippen LogP contribution >= 0.6 is 0 Å². The molecule has 0 aliphatic heterocycles. The Labute approximate surface area is 227 Å². The Balaban J connectivity index is 1.70. The lowest BCUT2D eigenvalue weighted by atomic mass is 10.1. The first kappa shape index (κ1) is 28.8. The number of hydrogen-bond donors (Lipinski definition) is 1. The highest BCUT2D eigenvalue weighted by atomic mass is 16.6. The molecule has 0 saturated carbocycles. The lowest BCUT2D eigenvalue weighted by molar-refractivity contribution is 0.0728. The van der Waals surface area contributed by atoms with Crippen molar-refractivity contribution in [1.29, 1.82) is 0 Å². The van der Waals surface area contributed by atoms with Gasteiger partial charge in [-0.15, -0.1) is 0 Å². The van der Waals surface area contributed by atoms with E-state index in [4.69, 9.17) is 28.4 Å². The first-order valence-electron chi connectivity index (χ1n) is 12.3. The van der Waals surface area contributed by atoms with Crippen LogP contribution in [-0.2, 0) is 0 Å². The molecule has 0 aromatic heterocycles. The summed E-state index contributed by atoms with van der Waals surface area (Å²) in [5, 5.41) is 4.03. The van der Waals surface area contributed by atoms with E-state index in [-0.39, 0.29) is 11.3 Å². The molecule has 0 fully saturated rings. The fraction of sp³-hybridized carbons (Fsp3) is 0.276. The van der Waals surface area contributed by atoms with E-state index in [9.17, 15) is 9.59 Å². The number of ether oxygens (including phenoxy) is 6. The monoisotopic (exact) mass is 536 g/mol. The summed E-state index contributed by atoms with van der Waals surface area (Å²) < 4.78 is 32.6. The number of nitrogens with zero attached hydrogens (tertiary/aromatic N) is 1. The van der Waals surface area contributed by atoms with Crippen molar-refractivity contribution in [2.24, 2.45) is 5.10 Å². The lowest BCUT2D eigenvalue weighted by Crippen LogP contribution is -2.18. The van der Waals surface area contributed by atoms with Gasteiger partial charge in [0.2, 0.25) is 5.75 Å². The van der Waals surface area contributed by atoms with Crippen LogP contribution < -0.4 is 33.8 Å². The number of carbonyl (C=O) groups is 2. The SMILES string of the molecule is CCCOc1ccc(C(=O)Oc2ccc(/C=N/NC(=O)c3cc(OC)c(OC)c(OC)c3)cc2OCC)cc1. The molecule has 0 saturated heterocycles. The Kier molecular flexibility index (Phi) is 10.6. The van der Waals surface area contributed by atoms with E-state index in [1.807, 2.05) is 13.8 Å². The highest BCUT2D eigenvalue weighted by molar-refractivity contribution is 5.96. The van der Waals surface area contributed by atoms with E-state index in [0.717, 1.165) is 6.42 Å². The normalized spacial score (nSPS) is 10.6. The maximum absolute atomic E-state index is 12.7. The van der Waals surface area contributed by atoms with E-state index < -0.39 is 11.9 Å². The van der Waals surface area contributed by atoms with Gasteiger partial charge in [-0.2, -0.15) is 5.10 Å².